The fourth-order valence-corrected chi connectivity index (χ4v) is 5.17. The molecular formula is C17H24N4O2S2. The van der Waals surface area contributed by atoms with E-state index in [1.54, 1.807) is 0 Å². The van der Waals surface area contributed by atoms with E-state index in [-0.39, 0.29) is 17.4 Å². The summed E-state index contributed by atoms with van der Waals surface area (Å²) in [5.41, 5.74) is 1.24. The first-order chi connectivity index (χ1) is 11.9. The van der Waals surface area contributed by atoms with E-state index < -0.39 is 9.84 Å². The van der Waals surface area contributed by atoms with Gasteiger partial charge in [-0.05, 0) is 30.7 Å². The van der Waals surface area contributed by atoms with E-state index in [1.807, 2.05) is 34.5 Å². The molecule has 3 rings (SSSR count). The summed E-state index contributed by atoms with van der Waals surface area (Å²) in [6.45, 7) is 4.40. The zero-order chi connectivity index (χ0) is 18.0. The van der Waals surface area contributed by atoms with Crippen molar-refractivity contribution in [1.82, 2.24) is 19.2 Å². The van der Waals surface area contributed by atoms with Crippen molar-refractivity contribution in [3.05, 3.63) is 46.5 Å². The lowest BCUT2D eigenvalue weighted by Crippen LogP contribution is -2.26. The van der Waals surface area contributed by atoms with Crippen molar-refractivity contribution in [1.29, 1.82) is 0 Å². The molecule has 0 bridgehead atoms. The van der Waals surface area contributed by atoms with Gasteiger partial charge in [0.15, 0.2) is 14.6 Å². The molecule has 8 heteroatoms. The lowest BCUT2D eigenvalue weighted by molar-refractivity contribution is 0.207. The quantitative estimate of drug-likeness (QED) is 0.720. The van der Waals surface area contributed by atoms with Crippen LogP contribution in [0, 0.1) is 4.77 Å². The highest BCUT2D eigenvalue weighted by Crippen LogP contribution is 2.27. The van der Waals surface area contributed by atoms with Crippen LogP contribution in [0.3, 0.4) is 0 Å². The average molecular weight is 381 g/mol. The first-order valence-corrected chi connectivity index (χ1v) is 10.7. The zero-order valence-corrected chi connectivity index (χ0v) is 16.3. The van der Waals surface area contributed by atoms with Crippen LogP contribution in [0.1, 0.15) is 30.7 Å². The maximum atomic E-state index is 11.8. The molecule has 0 radical (unpaired) electrons. The summed E-state index contributed by atoms with van der Waals surface area (Å²) < 4.78 is 27.8. The van der Waals surface area contributed by atoms with Gasteiger partial charge in [-0.25, -0.2) is 13.1 Å². The minimum atomic E-state index is -2.94. The van der Waals surface area contributed by atoms with Crippen molar-refractivity contribution < 1.29 is 8.42 Å². The molecule has 1 aliphatic rings. The Labute approximate surface area is 154 Å². The third-order valence-electron chi connectivity index (χ3n) is 4.70. The molecule has 0 amide bonds. The molecule has 6 nitrogen and oxygen atoms in total. The maximum Gasteiger partial charge on any atom is 0.198 e. The first-order valence-electron chi connectivity index (χ1n) is 8.50. The second-order valence-electron chi connectivity index (χ2n) is 6.57. The lowest BCUT2D eigenvalue weighted by atomic mass is 10.1. The molecule has 0 saturated carbocycles. The van der Waals surface area contributed by atoms with Gasteiger partial charge < -0.3 is 4.57 Å². The topological polar surface area (TPSA) is 60.1 Å². The number of rotatable bonds is 6. The highest BCUT2D eigenvalue weighted by atomic mass is 32.2. The Morgan fingerprint density at radius 2 is 2.04 bits per heavy atom. The van der Waals surface area contributed by atoms with Gasteiger partial charge in [-0.1, -0.05) is 37.3 Å². The standard InChI is InChI=1S/C17H24N4O2S2/c1-3-20(11-14-7-5-4-6-8-14)13-21-17(24)19(2)16(18-21)15-9-10-25(22,23)12-15/h4-8,15H,3,9-13H2,1-2H3/t15-/m1/s1. The molecule has 136 valence electrons. The van der Waals surface area contributed by atoms with E-state index in [1.165, 1.54) is 5.56 Å². The van der Waals surface area contributed by atoms with Gasteiger partial charge in [0.2, 0.25) is 0 Å². The van der Waals surface area contributed by atoms with Gasteiger partial charge in [-0.2, -0.15) is 5.10 Å². The molecule has 0 aliphatic carbocycles. The Morgan fingerprint density at radius 1 is 1.32 bits per heavy atom. The fraction of sp³-hybridized carbons (Fsp3) is 0.529. The molecule has 1 aliphatic heterocycles. The van der Waals surface area contributed by atoms with Crippen molar-refractivity contribution in [3.8, 4) is 0 Å². The first kappa shape index (κ1) is 18.3. The lowest BCUT2D eigenvalue weighted by Gasteiger charge is -2.20. The smallest absolute Gasteiger partial charge is 0.198 e. The molecule has 1 aromatic heterocycles. The van der Waals surface area contributed by atoms with Gasteiger partial charge in [0.1, 0.15) is 5.82 Å². The van der Waals surface area contributed by atoms with E-state index in [9.17, 15) is 8.42 Å². The van der Waals surface area contributed by atoms with Gasteiger partial charge in [0.25, 0.3) is 0 Å². The Kier molecular flexibility index (Phi) is 5.41. The van der Waals surface area contributed by atoms with Crippen LogP contribution in [-0.2, 0) is 30.1 Å². The van der Waals surface area contributed by atoms with Crippen LogP contribution in [0.15, 0.2) is 30.3 Å². The van der Waals surface area contributed by atoms with Crippen molar-refractivity contribution in [2.24, 2.45) is 7.05 Å². The van der Waals surface area contributed by atoms with Gasteiger partial charge in [0.05, 0.1) is 18.2 Å². The molecule has 0 N–H and O–H groups in total. The van der Waals surface area contributed by atoms with Gasteiger partial charge in [0, 0.05) is 19.5 Å². The Balaban J connectivity index is 1.78. The van der Waals surface area contributed by atoms with Crippen LogP contribution >= 0.6 is 12.2 Å². The SMILES string of the molecule is CCN(Cc1ccccc1)Cn1nc([C@@H]2CCS(=O)(=O)C2)n(C)c1=S. The van der Waals surface area contributed by atoms with Crippen molar-refractivity contribution in [2.75, 3.05) is 18.1 Å². The van der Waals surface area contributed by atoms with Crippen molar-refractivity contribution >= 4 is 22.1 Å². The maximum absolute atomic E-state index is 11.8. The van der Waals surface area contributed by atoms with E-state index in [4.69, 9.17) is 12.2 Å². The monoisotopic (exact) mass is 380 g/mol. The minimum Gasteiger partial charge on any atom is -0.307 e. The van der Waals surface area contributed by atoms with Crippen LogP contribution in [-0.4, -0.2) is 45.7 Å². The van der Waals surface area contributed by atoms with Crippen molar-refractivity contribution in [3.63, 3.8) is 0 Å². The largest absolute Gasteiger partial charge is 0.307 e. The molecule has 1 aromatic carbocycles. The molecular weight excluding hydrogens is 356 g/mol. The normalized spacial score (nSPS) is 19.6. The highest BCUT2D eigenvalue weighted by Gasteiger charge is 2.32. The minimum absolute atomic E-state index is 0.0536. The summed E-state index contributed by atoms with van der Waals surface area (Å²) in [6, 6.07) is 10.3. The number of hydrogen-bond donors (Lipinski definition) is 0. The van der Waals surface area contributed by atoms with E-state index in [0.717, 1.165) is 18.9 Å². The third-order valence-corrected chi connectivity index (χ3v) is 6.95. The molecule has 1 saturated heterocycles. The molecule has 25 heavy (non-hydrogen) atoms. The molecule has 0 unspecified atom stereocenters. The third kappa shape index (κ3) is 4.19. The van der Waals surface area contributed by atoms with Crippen LogP contribution in [0.2, 0.25) is 0 Å². The summed E-state index contributed by atoms with van der Waals surface area (Å²) in [5.74, 6) is 1.14. The van der Waals surface area contributed by atoms with Crippen LogP contribution < -0.4 is 0 Å². The summed E-state index contributed by atoms with van der Waals surface area (Å²) in [5, 5.41) is 4.66. The second kappa shape index (κ2) is 7.39. The predicted octanol–water partition coefficient (Wildman–Crippen LogP) is 2.33. The fourth-order valence-electron chi connectivity index (χ4n) is 3.24. The Morgan fingerprint density at radius 3 is 2.64 bits per heavy atom. The summed E-state index contributed by atoms with van der Waals surface area (Å²) in [6.07, 6.45) is 0.628. The van der Waals surface area contributed by atoms with Gasteiger partial charge >= 0.3 is 0 Å². The van der Waals surface area contributed by atoms with Crippen LogP contribution in [0.5, 0.6) is 0 Å². The second-order valence-corrected chi connectivity index (χ2v) is 9.17. The number of benzene rings is 1. The molecule has 1 atom stereocenters. The summed E-state index contributed by atoms with van der Waals surface area (Å²) in [4.78, 5) is 2.26. The van der Waals surface area contributed by atoms with Crippen LogP contribution in [0.4, 0.5) is 0 Å². The Bertz CT molecular complexity index is 887. The molecule has 2 aromatic rings. The highest BCUT2D eigenvalue weighted by molar-refractivity contribution is 7.91. The number of nitrogens with zero attached hydrogens (tertiary/aromatic N) is 4. The molecule has 2 heterocycles. The van der Waals surface area contributed by atoms with E-state index in [2.05, 4.69) is 29.1 Å². The van der Waals surface area contributed by atoms with Crippen LogP contribution in [0.25, 0.3) is 0 Å². The van der Waals surface area contributed by atoms with Gasteiger partial charge in [-0.15, -0.1) is 0 Å². The van der Waals surface area contributed by atoms with Crippen molar-refractivity contribution in [2.45, 2.75) is 32.5 Å². The van der Waals surface area contributed by atoms with E-state index >= 15 is 0 Å². The average Bonchev–Trinajstić information content (AvgIpc) is 3.09. The zero-order valence-electron chi connectivity index (χ0n) is 14.6. The molecule has 1 fully saturated rings. The summed E-state index contributed by atoms with van der Waals surface area (Å²) >= 11 is 5.52. The van der Waals surface area contributed by atoms with Gasteiger partial charge in [-0.3, -0.25) is 4.90 Å². The predicted molar refractivity (Wildman–Crippen MR) is 101 cm³/mol. The number of sulfone groups is 1. The summed E-state index contributed by atoms with van der Waals surface area (Å²) in [7, 11) is -1.06. The number of hydrogen-bond acceptors (Lipinski definition) is 5. The number of aromatic nitrogens is 3. The Hall–Kier alpha value is -1.51. The van der Waals surface area contributed by atoms with E-state index in [0.29, 0.717) is 17.9 Å². The molecule has 0 spiro atoms.